The first kappa shape index (κ1) is 16.5. The number of aliphatic hydroxyl groups is 1. The standard InChI is InChI=1S/C16H24N4O2/c1-12-14(13(2)20(19-12)10-4-9-17)5-6-15(21)18-11-16(22)7-3-8-16/h22H,3-8,10-11H2,1-2H3,(H,18,21). The number of carbonyl (C=O) groups excluding carboxylic acids is 1. The van der Waals surface area contributed by atoms with Crippen LogP contribution in [-0.4, -0.2) is 32.9 Å². The molecule has 0 aliphatic heterocycles. The minimum absolute atomic E-state index is 0.0381. The molecule has 6 nitrogen and oxygen atoms in total. The van der Waals surface area contributed by atoms with Crippen LogP contribution in [0.25, 0.3) is 0 Å². The molecule has 1 amide bonds. The predicted octanol–water partition coefficient (Wildman–Crippen LogP) is 1.38. The van der Waals surface area contributed by atoms with Crippen LogP contribution in [0.5, 0.6) is 0 Å². The van der Waals surface area contributed by atoms with Gasteiger partial charge in [0, 0.05) is 18.7 Å². The Kier molecular flexibility index (Phi) is 5.19. The first-order chi connectivity index (χ1) is 10.4. The summed E-state index contributed by atoms with van der Waals surface area (Å²) < 4.78 is 1.84. The molecule has 0 atom stereocenters. The smallest absolute Gasteiger partial charge is 0.220 e. The summed E-state index contributed by atoms with van der Waals surface area (Å²) in [4.78, 5) is 11.9. The first-order valence-electron chi connectivity index (χ1n) is 7.84. The van der Waals surface area contributed by atoms with Crippen molar-refractivity contribution in [2.24, 2.45) is 0 Å². The normalized spacial score (nSPS) is 15.9. The van der Waals surface area contributed by atoms with Gasteiger partial charge in [0.25, 0.3) is 0 Å². The van der Waals surface area contributed by atoms with Crippen molar-refractivity contribution >= 4 is 5.91 Å². The number of nitrogens with one attached hydrogen (secondary N) is 1. The van der Waals surface area contributed by atoms with E-state index in [1.165, 1.54) is 0 Å². The van der Waals surface area contributed by atoms with E-state index in [9.17, 15) is 9.90 Å². The second kappa shape index (κ2) is 6.93. The molecule has 1 saturated carbocycles. The Labute approximate surface area is 131 Å². The van der Waals surface area contributed by atoms with Gasteiger partial charge in [0.1, 0.15) is 0 Å². The van der Waals surface area contributed by atoms with E-state index in [0.717, 1.165) is 36.2 Å². The van der Waals surface area contributed by atoms with Crippen LogP contribution in [0.2, 0.25) is 0 Å². The van der Waals surface area contributed by atoms with E-state index in [2.05, 4.69) is 16.5 Å². The van der Waals surface area contributed by atoms with Crippen molar-refractivity contribution in [3.63, 3.8) is 0 Å². The number of aromatic nitrogens is 2. The molecule has 1 aromatic rings. The molecular weight excluding hydrogens is 280 g/mol. The number of carbonyl (C=O) groups is 1. The van der Waals surface area contributed by atoms with Crippen LogP contribution in [0, 0.1) is 25.2 Å². The molecule has 0 radical (unpaired) electrons. The van der Waals surface area contributed by atoms with E-state index in [-0.39, 0.29) is 5.91 Å². The minimum Gasteiger partial charge on any atom is -0.388 e. The summed E-state index contributed by atoms with van der Waals surface area (Å²) in [5.41, 5.74) is 2.35. The van der Waals surface area contributed by atoms with Crippen LogP contribution in [0.3, 0.4) is 0 Å². The van der Waals surface area contributed by atoms with Gasteiger partial charge in [-0.2, -0.15) is 10.4 Å². The summed E-state index contributed by atoms with van der Waals surface area (Å²) in [6, 6.07) is 2.12. The first-order valence-corrected chi connectivity index (χ1v) is 7.84. The molecular formula is C16H24N4O2. The number of nitrogens with zero attached hydrogens (tertiary/aromatic N) is 3. The van der Waals surface area contributed by atoms with Crippen molar-refractivity contribution in [3.8, 4) is 6.07 Å². The van der Waals surface area contributed by atoms with Crippen LogP contribution in [0.1, 0.15) is 49.1 Å². The lowest BCUT2D eigenvalue weighted by atomic mass is 9.80. The third kappa shape index (κ3) is 3.86. The highest BCUT2D eigenvalue weighted by Gasteiger charge is 2.34. The molecule has 0 bridgehead atoms. The Bertz CT molecular complexity index is 582. The minimum atomic E-state index is -0.677. The van der Waals surface area contributed by atoms with Gasteiger partial charge < -0.3 is 10.4 Å². The van der Waals surface area contributed by atoms with Crippen molar-refractivity contribution in [2.45, 2.75) is 64.5 Å². The molecule has 1 aliphatic rings. The molecule has 0 spiro atoms. The van der Waals surface area contributed by atoms with E-state index in [4.69, 9.17) is 5.26 Å². The molecule has 0 saturated heterocycles. The van der Waals surface area contributed by atoms with E-state index >= 15 is 0 Å². The average molecular weight is 304 g/mol. The third-order valence-electron chi connectivity index (χ3n) is 4.47. The summed E-state index contributed by atoms with van der Waals surface area (Å²) in [7, 11) is 0. The molecule has 0 aromatic carbocycles. The Morgan fingerprint density at radius 1 is 1.50 bits per heavy atom. The lowest BCUT2D eigenvalue weighted by Gasteiger charge is -2.36. The largest absolute Gasteiger partial charge is 0.388 e. The Morgan fingerprint density at radius 2 is 2.23 bits per heavy atom. The second-order valence-electron chi connectivity index (χ2n) is 6.14. The Hall–Kier alpha value is -1.87. The molecule has 1 heterocycles. The Balaban J connectivity index is 1.84. The maximum atomic E-state index is 11.9. The topological polar surface area (TPSA) is 90.9 Å². The van der Waals surface area contributed by atoms with Crippen molar-refractivity contribution in [2.75, 3.05) is 6.54 Å². The molecule has 6 heteroatoms. The van der Waals surface area contributed by atoms with Gasteiger partial charge in [-0.25, -0.2) is 0 Å². The van der Waals surface area contributed by atoms with Crippen LogP contribution >= 0.6 is 0 Å². The van der Waals surface area contributed by atoms with Gasteiger partial charge >= 0.3 is 0 Å². The molecule has 0 unspecified atom stereocenters. The van der Waals surface area contributed by atoms with Gasteiger partial charge in [-0.3, -0.25) is 9.48 Å². The average Bonchev–Trinajstić information content (AvgIpc) is 2.73. The van der Waals surface area contributed by atoms with Crippen LogP contribution in [0.4, 0.5) is 0 Å². The van der Waals surface area contributed by atoms with Gasteiger partial charge in [0.2, 0.25) is 5.91 Å². The molecule has 1 aromatic heterocycles. The fourth-order valence-corrected chi connectivity index (χ4v) is 2.82. The van der Waals surface area contributed by atoms with Gasteiger partial charge in [-0.1, -0.05) is 0 Å². The fraction of sp³-hybridized carbons (Fsp3) is 0.688. The second-order valence-corrected chi connectivity index (χ2v) is 6.14. The van der Waals surface area contributed by atoms with Crippen molar-refractivity contribution in [1.82, 2.24) is 15.1 Å². The highest BCUT2D eigenvalue weighted by atomic mass is 16.3. The SMILES string of the molecule is Cc1nn(CCC#N)c(C)c1CCC(=O)NCC1(O)CCC1. The maximum absolute atomic E-state index is 11.9. The van der Waals surface area contributed by atoms with Crippen LogP contribution in [0.15, 0.2) is 0 Å². The molecule has 1 fully saturated rings. The molecule has 2 rings (SSSR count). The highest BCUT2D eigenvalue weighted by molar-refractivity contribution is 5.76. The van der Waals surface area contributed by atoms with Crippen LogP contribution in [-0.2, 0) is 17.8 Å². The fourth-order valence-electron chi connectivity index (χ4n) is 2.82. The third-order valence-corrected chi connectivity index (χ3v) is 4.47. The molecule has 22 heavy (non-hydrogen) atoms. The summed E-state index contributed by atoms with van der Waals surface area (Å²) >= 11 is 0. The zero-order valence-electron chi connectivity index (χ0n) is 13.4. The van der Waals surface area contributed by atoms with Gasteiger partial charge in [0.05, 0.1) is 30.3 Å². The highest BCUT2D eigenvalue weighted by Crippen LogP contribution is 2.30. The number of hydrogen-bond donors (Lipinski definition) is 2. The monoisotopic (exact) mass is 304 g/mol. The van der Waals surface area contributed by atoms with E-state index in [1.807, 2.05) is 18.5 Å². The van der Waals surface area contributed by atoms with E-state index < -0.39 is 5.60 Å². The van der Waals surface area contributed by atoms with E-state index in [0.29, 0.717) is 32.4 Å². The predicted molar refractivity (Wildman–Crippen MR) is 82.1 cm³/mol. The Morgan fingerprint density at radius 3 is 2.82 bits per heavy atom. The molecule has 120 valence electrons. The maximum Gasteiger partial charge on any atom is 0.220 e. The lowest BCUT2D eigenvalue weighted by Crippen LogP contribution is -2.47. The summed E-state index contributed by atoms with van der Waals surface area (Å²) in [6.45, 7) is 4.84. The van der Waals surface area contributed by atoms with Gasteiger partial charge in [-0.15, -0.1) is 0 Å². The summed E-state index contributed by atoms with van der Waals surface area (Å²) in [5.74, 6) is -0.0381. The van der Waals surface area contributed by atoms with E-state index in [1.54, 1.807) is 0 Å². The van der Waals surface area contributed by atoms with Crippen molar-refractivity contribution in [3.05, 3.63) is 17.0 Å². The summed E-state index contributed by atoms with van der Waals surface area (Å²) in [5, 5.41) is 25.9. The number of aryl methyl sites for hydroxylation is 2. The number of nitriles is 1. The van der Waals surface area contributed by atoms with Crippen molar-refractivity contribution < 1.29 is 9.90 Å². The zero-order valence-corrected chi connectivity index (χ0v) is 13.4. The number of hydrogen-bond acceptors (Lipinski definition) is 4. The van der Waals surface area contributed by atoms with Crippen molar-refractivity contribution in [1.29, 1.82) is 5.26 Å². The van der Waals surface area contributed by atoms with Gasteiger partial charge in [-0.05, 0) is 45.1 Å². The van der Waals surface area contributed by atoms with Gasteiger partial charge in [0.15, 0.2) is 0 Å². The molecule has 1 aliphatic carbocycles. The summed E-state index contributed by atoms with van der Waals surface area (Å²) in [6.07, 6.45) is 4.04. The quantitative estimate of drug-likeness (QED) is 0.796. The zero-order chi connectivity index (χ0) is 16.2. The number of amides is 1. The van der Waals surface area contributed by atoms with Crippen LogP contribution < -0.4 is 5.32 Å². The lowest BCUT2D eigenvalue weighted by molar-refractivity contribution is -0.123. The molecule has 2 N–H and O–H groups in total. The number of rotatable bonds is 7.